The van der Waals surface area contributed by atoms with Crippen molar-refractivity contribution in [2.75, 3.05) is 5.73 Å². The molecule has 1 aromatic carbocycles. The summed E-state index contributed by atoms with van der Waals surface area (Å²) in [5, 5.41) is 9.17. The maximum Gasteiger partial charge on any atom is 0.138 e. The second-order valence-electron chi connectivity index (χ2n) is 3.13. The average Bonchev–Trinajstić information content (AvgIpc) is 2.08. The fourth-order valence-electron chi connectivity index (χ4n) is 1.12. The maximum atomic E-state index is 9.17. The number of phenolic OH excluding ortho intramolecular Hbond substituents is 1. The summed E-state index contributed by atoms with van der Waals surface area (Å²) in [5.41, 5.74) is 7.22. The summed E-state index contributed by atoms with van der Waals surface area (Å²) in [6.45, 7) is 4.28. The molecule has 2 heteroatoms. The van der Waals surface area contributed by atoms with Crippen LogP contribution in [0.15, 0.2) is 18.2 Å². The predicted octanol–water partition coefficient (Wildman–Crippen LogP) is 2.49. The van der Waals surface area contributed by atoms with E-state index in [1.54, 1.807) is 6.07 Å². The van der Waals surface area contributed by atoms with Crippen molar-refractivity contribution in [2.45, 2.75) is 26.2 Å². The lowest BCUT2D eigenvalue weighted by atomic mass is 9.98. The first-order valence-corrected chi connectivity index (χ1v) is 4.23. The lowest BCUT2D eigenvalue weighted by Crippen LogP contribution is -1.93. The monoisotopic (exact) mass is 165 g/mol. The second kappa shape index (κ2) is 3.48. The van der Waals surface area contributed by atoms with Crippen molar-refractivity contribution in [2.24, 2.45) is 0 Å². The molecular weight excluding hydrogens is 150 g/mol. The maximum absolute atomic E-state index is 9.17. The van der Waals surface area contributed by atoms with Crippen molar-refractivity contribution in [3.05, 3.63) is 23.8 Å². The summed E-state index contributed by atoms with van der Waals surface area (Å²) in [7, 11) is 0. The molecule has 0 heterocycles. The second-order valence-corrected chi connectivity index (χ2v) is 3.13. The molecule has 1 atom stereocenters. The molecule has 0 amide bonds. The average molecular weight is 165 g/mol. The Morgan fingerprint density at radius 3 is 2.67 bits per heavy atom. The number of nitrogens with two attached hydrogens (primary N) is 1. The smallest absolute Gasteiger partial charge is 0.138 e. The fraction of sp³-hybridized carbons (Fsp3) is 0.400. The van der Waals surface area contributed by atoms with E-state index in [1.807, 2.05) is 12.1 Å². The van der Waals surface area contributed by atoms with Crippen LogP contribution >= 0.6 is 0 Å². The number of rotatable bonds is 2. The standard InChI is InChI=1S/C10H15NO/c1-3-7(2)8-4-5-10(12)9(11)6-8/h4-7,12H,3,11H2,1-2H3. The van der Waals surface area contributed by atoms with Gasteiger partial charge >= 0.3 is 0 Å². The zero-order valence-electron chi connectivity index (χ0n) is 7.54. The van der Waals surface area contributed by atoms with Crippen LogP contribution in [0.5, 0.6) is 5.75 Å². The molecule has 3 N–H and O–H groups in total. The summed E-state index contributed by atoms with van der Waals surface area (Å²) in [6.07, 6.45) is 1.09. The molecule has 0 spiro atoms. The van der Waals surface area contributed by atoms with Crippen LogP contribution in [-0.4, -0.2) is 5.11 Å². The third-order valence-electron chi connectivity index (χ3n) is 2.23. The lowest BCUT2D eigenvalue weighted by molar-refractivity contribution is 0.477. The molecule has 0 aliphatic heterocycles. The zero-order valence-corrected chi connectivity index (χ0v) is 7.54. The molecule has 66 valence electrons. The molecule has 0 aliphatic rings. The van der Waals surface area contributed by atoms with E-state index in [1.165, 1.54) is 5.56 Å². The topological polar surface area (TPSA) is 46.2 Å². The van der Waals surface area contributed by atoms with Crippen LogP contribution in [-0.2, 0) is 0 Å². The zero-order chi connectivity index (χ0) is 9.14. The Hall–Kier alpha value is -1.18. The summed E-state index contributed by atoms with van der Waals surface area (Å²) < 4.78 is 0. The van der Waals surface area contributed by atoms with Crippen LogP contribution in [0.25, 0.3) is 0 Å². The fourth-order valence-corrected chi connectivity index (χ4v) is 1.12. The van der Waals surface area contributed by atoms with Crippen molar-refractivity contribution in [3.8, 4) is 5.75 Å². The Kier molecular flexibility index (Phi) is 2.58. The van der Waals surface area contributed by atoms with Gasteiger partial charge in [-0.3, -0.25) is 0 Å². The number of anilines is 1. The third-order valence-corrected chi connectivity index (χ3v) is 2.23. The molecule has 2 nitrogen and oxygen atoms in total. The number of benzene rings is 1. The Morgan fingerprint density at radius 2 is 2.17 bits per heavy atom. The van der Waals surface area contributed by atoms with E-state index < -0.39 is 0 Å². The van der Waals surface area contributed by atoms with Crippen molar-refractivity contribution in [3.63, 3.8) is 0 Å². The highest BCUT2D eigenvalue weighted by molar-refractivity contribution is 5.53. The van der Waals surface area contributed by atoms with Gasteiger partial charge in [0, 0.05) is 0 Å². The van der Waals surface area contributed by atoms with Gasteiger partial charge in [-0.05, 0) is 30.0 Å². The van der Waals surface area contributed by atoms with E-state index >= 15 is 0 Å². The van der Waals surface area contributed by atoms with Crippen LogP contribution in [0.2, 0.25) is 0 Å². The third kappa shape index (κ3) is 1.70. The van der Waals surface area contributed by atoms with Gasteiger partial charge in [0.05, 0.1) is 5.69 Å². The van der Waals surface area contributed by atoms with Crippen molar-refractivity contribution in [1.29, 1.82) is 0 Å². The van der Waals surface area contributed by atoms with Gasteiger partial charge in [-0.25, -0.2) is 0 Å². The first kappa shape index (κ1) is 8.91. The van der Waals surface area contributed by atoms with Crippen LogP contribution in [0.4, 0.5) is 5.69 Å². The van der Waals surface area contributed by atoms with Crippen LogP contribution in [0.3, 0.4) is 0 Å². The van der Waals surface area contributed by atoms with Crippen LogP contribution in [0.1, 0.15) is 31.7 Å². The van der Waals surface area contributed by atoms with Gasteiger partial charge in [0.25, 0.3) is 0 Å². The Labute approximate surface area is 73.0 Å². The minimum Gasteiger partial charge on any atom is -0.506 e. The van der Waals surface area contributed by atoms with Crippen molar-refractivity contribution >= 4 is 5.69 Å². The molecule has 0 aromatic heterocycles. The molecule has 0 radical (unpaired) electrons. The highest BCUT2D eigenvalue weighted by Gasteiger charge is 2.04. The number of aromatic hydroxyl groups is 1. The van der Waals surface area contributed by atoms with Gasteiger partial charge in [-0.2, -0.15) is 0 Å². The number of hydrogen-bond acceptors (Lipinski definition) is 2. The van der Waals surface area contributed by atoms with Crippen LogP contribution < -0.4 is 5.73 Å². The van der Waals surface area contributed by atoms with Gasteiger partial charge < -0.3 is 10.8 Å². The Bertz CT molecular complexity index is 271. The predicted molar refractivity (Wildman–Crippen MR) is 51.2 cm³/mol. The van der Waals surface area contributed by atoms with Crippen molar-refractivity contribution < 1.29 is 5.11 Å². The van der Waals surface area contributed by atoms with E-state index in [4.69, 9.17) is 5.73 Å². The minimum atomic E-state index is 0.169. The molecule has 1 unspecified atom stereocenters. The van der Waals surface area contributed by atoms with E-state index in [2.05, 4.69) is 13.8 Å². The molecule has 0 saturated carbocycles. The van der Waals surface area contributed by atoms with E-state index in [-0.39, 0.29) is 5.75 Å². The molecule has 1 rings (SSSR count). The molecule has 12 heavy (non-hydrogen) atoms. The SMILES string of the molecule is CCC(C)c1ccc(O)c(N)c1. The normalized spacial score (nSPS) is 12.8. The van der Waals surface area contributed by atoms with Crippen LogP contribution in [0, 0.1) is 0 Å². The van der Waals surface area contributed by atoms with Gasteiger partial charge in [0.1, 0.15) is 5.75 Å². The first-order chi connectivity index (χ1) is 5.65. The summed E-state index contributed by atoms with van der Waals surface area (Å²) in [4.78, 5) is 0. The molecule has 0 aliphatic carbocycles. The van der Waals surface area contributed by atoms with Gasteiger partial charge in [-0.1, -0.05) is 19.9 Å². The van der Waals surface area contributed by atoms with Crippen molar-refractivity contribution in [1.82, 2.24) is 0 Å². The summed E-state index contributed by atoms with van der Waals surface area (Å²) in [6, 6.07) is 5.40. The molecule has 0 fully saturated rings. The largest absolute Gasteiger partial charge is 0.506 e. The Morgan fingerprint density at radius 1 is 1.50 bits per heavy atom. The molecule has 0 saturated heterocycles. The number of phenols is 1. The summed E-state index contributed by atoms with van der Waals surface area (Å²) in [5.74, 6) is 0.676. The summed E-state index contributed by atoms with van der Waals surface area (Å²) >= 11 is 0. The highest BCUT2D eigenvalue weighted by atomic mass is 16.3. The minimum absolute atomic E-state index is 0.169. The molecular formula is C10H15NO. The van der Waals surface area contributed by atoms with E-state index in [0.29, 0.717) is 11.6 Å². The number of hydrogen-bond donors (Lipinski definition) is 2. The lowest BCUT2D eigenvalue weighted by Gasteiger charge is -2.09. The molecule has 0 bridgehead atoms. The number of nitrogen functional groups attached to an aromatic ring is 1. The van der Waals surface area contributed by atoms with E-state index in [9.17, 15) is 5.11 Å². The van der Waals surface area contributed by atoms with Gasteiger partial charge in [0.15, 0.2) is 0 Å². The Balaban J connectivity index is 2.96. The van der Waals surface area contributed by atoms with Gasteiger partial charge in [0.2, 0.25) is 0 Å². The quantitative estimate of drug-likeness (QED) is 0.522. The van der Waals surface area contributed by atoms with Gasteiger partial charge in [-0.15, -0.1) is 0 Å². The highest BCUT2D eigenvalue weighted by Crippen LogP contribution is 2.26. The van der Waals surface area contributed by atoms with E-state index in [0.717, 1.165) is 6.42 Å². The molecule has 1 aromatic rings. The first-order valence-electron chi connectivity index (χ1n) is 4.23.